The first-order chi connectivity index (χ1) is 71.7. The van der Waals surface area contributed by atoms with E-state index in [0.29, 0.717) is 29.0 Å². The van der Waals surface area contributed by atoms with Crippen LogP contribution in [-0.2, 0) is 0 Å². The summed E-state index contributed by atoms with van der Waals surface area (Å²) in [6, 6.07) is 162. The molecule has 1 atom stereocenters. The van der Waals surface area contributed by atoms with Crippen molar-refractivity contribution in [1.29, 1.82) is 15.8 Å². The molecule has 24 aromatic carbocycles. The summed E-state index contributed by atoms with van der Waals surface area (Å²) in [5.74, 6) is 3.89. The first-order valence-electron chi connectivity index (χ1n) is 49.0. The Morgan fingerprint density at radius 3 is 1.09 bits per heavy atom. The van der Waals surface area contributed by atoms with E-state index < -0.39 is 0 Å². The van der Waals surface area contributed by atoms with Crippen LogP contribution in [0.5, 0.6) is 28.7 Å². The SMILES string of the molecule is N#CC1=CC=C2c3ccc(-c4cccc(-c5cc6c7ccccc7c(-c7cccc8ccccc78)cc6c6ccccc56)c4)c4cccc(c34)OC2C1.N#Cc1ccc2c(c1)Oc1cccc3c(-c4ccc(-c5cc6c7ccccc7c(-c7ccccc7)cc6c6ccccc56)cn4)ccc-2c13.N#Cc1ccc2c(c1)Oc1cccc3c(-c4ccc(-c5cc6c7ccccc7ccc6c6ccccc56)cn4)ccc-2c13. The smallest absolute Gasteiger partial charge is 0.136 e. The van der Waals surface area contributed by atoms with Gasteiger partial charge in [0.2, 0.25) is 0 Å². The van der Waals surface area contributed by atoms with Crippen molar-refractivity contribution in [3.05, 3.63) is 484 Å². The lowest BCUT2D eigenvalue weighted by Crippen LogP contribution is -2.24. The lowest BCUT2D eigenvalue weighted by atomic mass is 9.83. The van der Waals surface area contributed by atoms with Crippen molar-refractivity contribution in [2.24, 2.45) is 0 Å². The second-order valence-corrected chi connectivity index (χ2v) is 37.9. The van der Waals surface area contributed by atoms with Crippen LogP contribution in [0.1, 0.15) is 23.1 Å². The molecule has 0 radical (unpaired) electrons. The number of allylic oxidation sites excluding steroid dienone is 2. The fourth-order valence-corrected chi connectivity index (χ4v) is 23.4. The molecule has 670 valence electrons. The van der Waals surface area contributed by atoms with Crippen LogP contribution in [0.4, 0.5) is 0 Å². The lowest BCUT2D eigenvalue weighted by molar-refractivity contribution is 0.258. The number of benzene rings is 24. The van der Waals surface area contributed by atoms with Crippen molar-refractivity contribution >= 4 is 146 Å². The number of fused-ring (bicyclic) bond motifs is 22. The van der Waals surface area contributed by atoms with E-state index in [2.05, 4.69) is 400 Å². The lowest BCUT2D eigenvalue weighted by Gasteiger charge is -2.31. The summed E-state index contributed by atoms with van der Waals surface area (Å²) in [5.41, 5.74) is 26.6. The Morgan fingerprint density at radius 1 is 0.207 bits per heavy atom. The van der Waals surface area contributed by atoms with Crippen LogP contribution in [-0.4, -0.2) is 16.1 Å². The maximum atomic E-state index is 9.54. The highest BCUT2D eigenvalue weighted by Crippen LogP contribution is 2.55. The summed E-state index contributed by atoms with van der Waals surface area (Å²) in [6.45, 7) is 0. The number of nitriles is 3. The molecule has 145 heavy (non-hydrogen) atoms. The van der Waals surface area contributed by atoms with Crippen LogP contribution in [0, 0.1) is 34.0 Å². The molecule has 0 bridgehead atoms. The first kappa shape index (κ1) is 83.5. The van der Waals surface area contributed by atoms with Crippen LogP contribution in [0.25, 0.3) is 257 Å². The zero-order valence-corrected chi connectivity index (χ0v) is 78.1. The maximum absolute atomic E-state index is 9.54. The second kappa shape index (κ2) is 33.8. The predicted octanol–water partition coefficient (Wildman–Crippen LogP) is 36.5. The highest BCUT2D eigenvalue weighted by Gasteiger charge is 2.32. The Labute approximate surface area is 834 Å². The quantitative estimate of drug-likeness (QED) is 0.138. The highest BCUT2D eigenvalue weighted by atomic mass is 16.5. The first-order valence-corrected chi connectivity index (χ1v) is 49.0. The molecule has 0 amide bonds. The van der Waals surface area contributed by atoms with Crippen molar-refractivity contribution in [3.63, 3.8) is 0 Å². The zero-order chi connectivity index (χ0) is 96.0. The average Bonchev–Trinajstić information content (AvgIpc) is 0.755. The third kappa shape index (κ3) is 13.7. The number of pyridine rings is 2. The van der Waals surface area contributed by atoms with Gasteiger partial charge in [0.05, 0.1) is 40.7 Å². The minimum Gasteiger partial charge on any atom is -0.485 e. The summed E-state index contributed by atoms with van der Waals surface area (Å²) in [6.07, 6.45) is 8.47. The Bertz CT molecular complexity index is 10300. The average molecular weight is 1840 g/mol. The van der Waals surface area contributed by atoms with Gasteiger partial charge in [-0.2, -0.15) is 15.8 Å². The maximum Gasteiger partial charge on any atom is 0.136 e. The van der Waals surface area contributed by atoms with Gasteiger partial charge in [0.25, 0.3) is 0 Å². The topological polar surface area (TPSA) is 125 Å². The summed E-state index contributed by atoms with van der Waals surface area (Å²) >= 11 is 0. The molecule has 0 fully saturated rings. The van der Waals surface area contributed by atoms with Crippen LogP contribution < -0.4 is 14.2 Å². The molecule has 2 aromatic heterocycles. The van der Waals surface area contributed by atoms with Crippen molar-refractivity contribution in [2.75, 3.05) is 0 Å². The van der Waals surface area contributed by atoms with Gasteiger partial charge in [-0.1, -0.05) is 340 Å². The van der Waals surface area contributed by atoms with Crippen molar-refractivity contribution < 1.29 is 14.2 Å². The van der Waals surface area contributed by atoms with E-state index in [0.717, 1.165) is 117 Å². The standard InChI is InChI=1S/C51H31NO.C46H26N2O.C40H22N2O/c52-30-31-22-23-42-44-25-24-36(43-20-9-21-49(51(43)44)53-50(42)26-31)33-12-7-13-34(27-33)45-28-47-41-18-6-5-17-40(41)46(29-48(47)39-16-4-3-15-38(39)45)37-19-8-11-32-10-1-2-14-35(32)37;47-26-28-17-19-36-38-21-20-35(37-15-8-16-44(46(37)38)49-45(36)23-28)43-22-18-30(27-48-43)40-25-42-33-13-6-4-11-31(33)39(29-9-2-1-3-10-29)24-41(42)34-14-7-5-12-32(34)40;41-22-24-12-15-32-34-18-17-31(33-10-5-11-38(40(33)34)43-39(32)20-24)37-19-14-26(23-42-37)35-21-36-27-7-2-1-6-25(27)13-16-30(36)28-8-3-4-9-29(28)35/h1-25,27-29,50H,26H2;1-25,27H;1-21,23H. The van der Waals surface area contributed by atoms with E-state index in [1.54, 1.807) is 0 Å². The van der Waals surface area contributed by atoms with E-state index in [1.165, 1.54) is 169 Å². The van der Waals surface area contributed by atoms with Gasteiger partial charge in [-0.05, 0) is 305 Å². The van der Waals surface area contributed by atoms with Crippen LogP contribution >= 0.6 is 0 Å². The summed E-state index contributed by atoms with van der Waals surface area (Å²) < 4.78 is 19.2. The normalized spacial score (nSPS) is 13.0. The largest absolute Gasteiger partial charge is 0.485 e. The molecule has 8 heteroatoms. The number of nitrogens with zero attached hydrogens (tertiary/aromatic N) is 5. The molecule has 26 aromatic rings. The number of hydrogen-bond donors (Lipinski definition) is 0. The minimum absolute atomic E-state index is 0.137. The van der Waals surface area contributed by atoms with Crippen LogP contribution in [0.15, 0.2) is 467 Å². The van der Waals surface area contributed by atoms with Crippen molar-refractivity contribution in [2.45, 2.75) is 12.5 Å². The minimum atomic E-state index is -0.137. The van der Waals surface area contributed by atoms with Gasteiger partial charge in [0, 0.05) is 79.5 Å². The molecule has 0 saturated carbocycles. The number of ether oxygens (including phenoxy) is 3. The third-order valence-electron chi connectivity index (χ3n) is 30.1. The molecule has 0 N–H and O–H groups in total. The molecule has 1 unspecified atom stereocenters. The molecule has 4 aliphatic rings. The van der Waals surface area contributed by atoms with Crippen LogP contribution in [0.3, 0.4) is 0 Å². The Balaban J connectivity index is 0.000000106. The highest BCUT2D eigenvalue weighted by molar-refractivity contribution is 6.28. The van der Waals surface area contributed by atoms with Gasteiger partial charge < -0.3 is 14.2 Å². The molecular formula is C137H79N5O3. The Morgan fingerprint density at radius 2 is 0.572 bits per heavy atom. The number of aromatic nitrogens is 2. The third-order valence-corrected chi connectivity index (χ3v) is 30.1. The van der Waals surface area contributed by atoms with Gasteiger partial charge in [-0.25, -0.2) is 0 Å². The fraction of sp³-hybridized carbons (Fsp3) is 0.0146. The molecule has 8 nitrogen and oxygen atoms in total. The summed E-state index contributed by atoms with van der Waals surface area (Å²) in [4.78, 5) is 10.1. The van der Waals surface area contributed by atoms with E-state index >= 15 is 0 Å². The molecule has 3 aliphatic heterocycles. The van der Waals surface area contributed by atoms with Gasteiger partial charge >= 0.3 is 0 Å². The zero-order valence-electron chi connectivity index (χ0n) is 78.1. The fourth-order valence-electron chi connectivity index (χ4n) is 23.4. The second-order valence-electron chi connectivity index (χ2n) is 37.9. The van der Waals surface area contributed by atoms with E-state index in [4.69, 9.17) is 24.2 Å². The molecule has 0 spiro atoms. The predicted molar refractivity (Wildman–Crippen MR) is 597 cm³/mol. The monoisotopic (exact) mass is 1840 g/mol. The molecular weight excluding hydrogens is 1760 g/mol. The van der Waals surface area contributed by atoms with Crippen LogP contribution in [0.2, 0.25) is 0 Å². The van der Waals surface area contributed by atoms with E-state index in [-0.39, 0.29) is 6.10 Å². The molecule has 0 saturated heterocycles. The van der Waals surface area contributed by atoms with Gasteiger partial charge in [-0.15, -0.1) is 0 Å². The molecule has 30 rings (SSSR count). The van der Waals surface area contributed by atoms with Crippen molar-refractivity contribution in [3.8, 4) is 158 Å². The van der Waals surface area contributed by atoms with Gasteiger partial charge in [-0.3, -0.25) is 9.97 Å². The van der Waals surface area contributed by atoms with E-state index in [1.807, 2.05) is 79.1 Å². The van der Waals surface area contributed by atoms with E-state index in [9.17, 15) is 15.8 Å². The number of hydrogen-bond acceptors (Lipinski definition) is 8. The number of rotatable bonds is 8. The van der Waals surface area contributed by atoms with Gasteiger partial charge in [0.1, 0.15) is 34.9 Å². The Hall–Kier alpha value is -19.7. The Kier molecular flexibility index (Phi) is 19.5. The molecule has 1 aliphatic carbocycles. The summed E-state index contributed by atoms with van der Waals surface area (Å²) in [5, 5.41) is 59.8. The van der Waals surface area contributed by atoms with Crippen molar-refractivity contribution in [1.82, 2.24) is 9.97 Å². The molecule has 5 heterocycles. The van der Waals surface area contributed by atoms with Gasteiger partial charge in [0.15, 0.2) is 0 Å². The summed E-state index contributed by atoms with van der Waals surface area (Å²) in [7, 11) is 0.